The Morgan fingerprint density at radius 1 is 1.10 bits per heavy atom. The van der Waals surface area contributed by atoms with E-state index in [2.05, 4.69) is 10.3 Å². The average Bonchev–Trinajstić information content (AvgIpc) is 2.94. The van der Waals surface area contributed by atoms with Gasteiger partial charge in [0.05, 0.1) is 17.6 Å². The fraction of sp³-hybridized carbons (Fsp3) is 0.344. The molecule has 1 aliphatic carbocycles. The normalized spacial score (nSPS) is 15.3. The van der Waals surface area contributed by atoms with Crippen LogP contribution in [0.3, 0.4) is 0 Å². The number of thioether (sulfide) groups is 1. The summed E-state index contributed by atoms with van der Waals surface area (Å²) in [6, 6.07) is 14.1. The van der Waals surface area contributed by atoms with Crippen LogP contribution >= 0.6 is 11.8 Å². The Labute approximate surface area is 252 Å². The van der Waals surface area contributed by atoms with Gasteiger partial charge in [-0.2, -0.15) is 11.8 Å². The molecule has 204 valence electrons. The molecule has 1 aliphatic rings. The molecule has 1 atom stereocenters. The fourth-order valence-electron chi connectivity index (χ4n) is 5.24. The number of carboxylic acid groups (broad SMARTS) is 1. The molecule has 6 nitrogen and oxygen atoms in total. The molecule has 1 fully saturated rings. The molecule has 0 saturated heterocycles. The molecule has 1 saturated carbocycles. The third kappa shape index (κ3) is 7.67. The van der Waals surface area contributed by atoms with Crippen molar-refractivity contribution < 1.29 is 38.7 Å². The van der Waals surface area contributed by atoms with Crippen LogP contribution in [-0.4, -0.2) is 40.0 Å². The molecule has 8 heteroatoms. The molecular formula is C32H35LiN2O4S. The molecule has 1 aromatic heterocycles. The van der Waals surface area contributed by atoms with Crippen LogP contribution in [-0.2, 0) is 10.4 Å². The Bertz CT molecular complexity index is 1350. The van der Waals surface area contributed by atoms with E-state index in [9.17, 15) is 19.8 Å². The van der Waals surface area contributed by atoms with Gasteiger partial charge in [-0.3, -0.25) is 9.78 Å². The van der Waals surface area contributed by atoms with E-state index < -0.39 is 23.5 Å². The van der Waals surface area contributed by atoms with Gasteiger partial charge in [-0.05, 0) is 89.8 Å². The third-order valence-electron chi connectivity index (χ3n) is 7.41. The van der Waals surface area contributed by atoms with Crippen LogP contribution < -0.4 is 29.3 Å². The van der Waals surface area contributed by atoms with Crippen molar-refractivity contribution in [2.24, 2.45) is 0 Å². The SMILES string of the molecule is CSCC[C@H](NC(=O)c1ccc(C=Cc2cnccc2C2(O)CCCCC2)cc1-c1ccccc1C)C(=O)[O-].[Li+]. The number of nitrogens with zero attached hydrogens (tertiary/aromatic N) is 1. The van der Waals surface area contributed by atoms with Gasteiger partial charge in [0.15, 0.2) is 0 Å². The smallest absolute Gasteiger partial charge is 0.548 e. The van der Waals surface area contributed by atoms with Crippen LogP contribution in [0.25, 0.3) is 23.3 Å². The first-order valence-corrected chi connectivity index (χ1v) is 14.8. The van der Waals surface area contributed by atoms with E-state index in [-0.39, 0.29) is 25.3 Å². The molecule has 0 unspecified atom stereocenters. The summed E-state index contributed by atoms with van der Waals surface area (Å²) < 4.78 is 0. The third-order valence-corrected chi connectivity index (χ3v) is 8.06. The molecule has 2 aromatic carbocycles. The maximum Gasteiger partial charge on any atom is 1.00 e. The minimum Gasteiger partial charge on any atom is -0.548 e. The van der Waals surface area contributed by atoms with Crippen LogP contribution in [0.1, 0.15) is 71.1 Å². The standard InChI is InChI=1S/C32H36N2O4S.Li/c1-22-8-4-5-9-25(22)27-20-23(11-13-26(27)30(35)34-29(31(36)37)15-19-39-2)10-12-24-21-33-18-14-28(24)32(38)16-6-3-7-17-32;/h4-5,8-14,18,20-21,29,38H,3,6-7,15-17,19H2,1-2H3,(H,34,35)(H,36,37);/q;+1/p-1/t29-;/m0./s1. The Kier molecular flexibility index (Phi) is 11.7. The average molecular weight is 551 g/mol. The topological polar surface area (TPSA) is 102 Å². The van der Waals surface area contributed by atoms with Gasteiger partial charge in [0.1, 0.15) is 0 Å². The summed E-state index contributed by atoms with van der Waals surface area (Å²) in [6.45, 7) is 1.98. The number of nitrogens with one attached hydrogen (secondary N) is 1. The summed E-state index contributed by atoms with van der Waals surface area (Å²) in [5.41, 5.74) is 4.79. The molecular weight excluding hydrogens is 515 g/mol. The summed E-state index contributed by atoms with van der Waals surface area (Å²) in [5.74, 6) is -1.15. The summed E-state index contributed by atoms with van der Waals surface area (Å²) in [6.07, 6.45) is 14.2. The van der Waals surface area contributed by atoms with Crippen LogP contribution in [0.4, 0.5) is 0 Å². The molecule has 1 amide bonds. The van der Waals surface area contributed by atoms with Crippen LogP contribution in [0.2, 0.25) is 0 Å². The number of aliphatic hydroxyl groups is 1. The quantitative estimate of drug-likeness (QED) is 0.375. The van der Waals surface area contributed by atoms with Crippen molar-refractivity contribution in [2.75, 3.05) is 12.0 Å². The Hall–Kier alpha value is -2.82. The fourth-order valence-corrected chi connectivity index (χ4v) is 5.71. The Balaban J connectivity index is 0.00000441. The predicted molar refractivity (Wildman–Crippen MR) is 156 cm³/mol. The Morgan fingerprint density at radius 2 is 1.85 bits per heavy atom. The van der Waals surface area contributed by atoms with E-state index >= 15 is 0 Å². The van der Waals surface area contributed by atoms with E-state index in [0.717, 1.165) is 59.9 Å². The number of carbonyl (C=O) groups is 2. The molecule has 1 heterocycles. The number of hydrogen-bond acceptors (Lipinski definition) is 6. The second-order valence-electron chi connectivity index (χ2n) is 10.1. The van der Waals surface area contributed by atoms with E-state index in [1.807, 2.05) is 67.8 Å². The van der Waals surface area contributed by atoms with E-state index in [1.165, 1.54) is 11.8 Å². The number of hydrogen-bond donors (Lipinski definition) is 2. The van der Waals surface area contributed by atoms with E-state index in [4.69, 9.17) is 0 Å². The minimum atomic E-state index is -1.29. The largest absolute Gasteiger partial charge is 1.00 e. The number of pyridine rings is 1. The van der Waals surface area contributed by atoms with Gasteiger partial charge in [-0.15, -0.1) is 0 Å². The molecule has 2 N–H and O–H groups in total. The summed E-state index contributed by atoms with van der Waals surface area (Å²) >= 11 is 1.52. The van der Waals surface area contributed by atoms with Gasteiger partial charge in [0, 0.05) is 18.0 Å². The van der Waals surface area contributed by atoms with Gasteiger partial charge < -0.3 is 20.3 Å². The number of carbonyl (C=O) groups excluding carboxylic acids is 2. The summed E-state index contributed by atoms with van der Waals surface area (Å²) in [5, 5.41) is 25.7. The molecule has 40 heavy (non-hydrogen) atoms. The van der Waals surface area contributed by atoms with Crippen molar-refractivity contribution in [1.82, 2.24) is 10.3 Å². The number of aliphatic carboxylic acids is 1. The minimum absolute atomic E-state index is 0. The monoisotopic (exact) mass is 550 g/mol. The van der Waals surface area contributed by atoms with Crippen molar-refractivity contribution in [3.05, 3.63) is 88.7 Å². The zero-order chi connectivity index (χ0) is 27.8. The first kappa shape index (κ1) is 31.7. The number of benzene rings is 2. The second kappa shape index (κ2) is 14.7. The molecule has 0 radical (unpaired) electrons. The number of aromatic nitrogens is 1. The van der Waals surface area contributed by atoms with Crippen molar-refractivity contribution in [1.29, 1.82) is 0 Å². The van der Waals surface area contributed by atoms with Crippen molar-refractivity contribution in [3.63, 3.8) is 0 Å². The maximum absolute atomic E-state index is 13.3. The first-order chi connectivity index (χ1) is 18.8. The number of rotatable bonds is 10. The van der Waals surface area contributed by atoms with Gasteiger partial charge >= 0.3 is 18.9 Å². The molecule has 0 spiro atoms. The van der Waals surface area contributed by atoms with Gasteiger partial charge in [-0.25, -0.2) is 0 Å². The predicted octanol–water partition coefficient (Wildman–Crippen LogP) is 1.98. The van der Waals surface area contributed by atoms with Crippen LogP contribution in [0.5, 0.6) is 0 Å². The Morgan fingerprint density at radius 3 is 2.55 bits per heavy atom. The van der Waals surface area contributed by atoms with Gasteiger partial charge in [-0.1, -0.05) is 61.7 Å². The first-order valence-electron chi connectivity index (χ1n) is 13.4. The van der Waals surface area contributed by atoms with Gasteiger partial charge in [0.2, 0.25) is 0 Å². The van der Waals surface area contributed by atoms with E-state index in [1.54, 1.807) is 18.5 Å². The zero-order valence-electron chi connectivity index (χ0n) is 23.5. The zero-order valence-corrected chi connectivity index (χ0v) is 24.3. The second-order valence-corrected chi connectivity index (χ2v) is 11.1. The number of carboxylic acids is 1. The summed E-state index contributed by atoms with van der Waals surface area (Å²) in [7, 11) is 0. The van der Waals surface area contributed by atoms with Crippen LogP contribution in [0.15, 0.2) is 60.9 Å². The molecule has 3 aromatic rings. The molecule has 0 bridgehead atoms. The number of aryl methyl sites for hydroxylation is 1. The van der Waals surface area contributed by atoms with Crippen molar-refractivity contribution in [2.45, 2.75) is 57.1 Å². The van der Waals surface area contributed by atoms with Gasteiger partial charge in [0.25, 0.3) is 5.91 Å². The number of amides is 1. The summed E-state index contributed by atoms with van der Waals surface area (Å²) in [4.78, 5) is 29.3. The van der Waals surface area contributed by atoms with Crippen LogP contribution in [0, 0.1) is 6.92 Å². The van der Waals surface area contributed by atoms with Crippen molar-refractivity contribution >= 4 is 35.8 Å². The molecule has 0 aliphatic heterocycles. The van der Waals surface area contributed by atoms with E-state index in [0.29, 0.717) is 16.9 Å². The molecule has 4 rings (SSSR count). The van der Waals surface area contributed by atoms with Crippen molar-refractivity contribution in [3.8, 4) is 11.1 Å². The maximum atomic E-state index is 13.3.